The van der Waals surface area contributed by atoms with Crippen LogP contribution in [0.4, 0.5) is 45.5 Å². The van der Waals surface area contributed by atoms with Gasteiger partial charge in [0.2, 0.25) is 0 Å². The quantitative estimate of drug-likeness (QED) is 0.0373. The Hall–Kier alpha value is -5.85. The van der Waals surface area contributed by atoms with Crippen LogP contribution in [0.5, 0.6) is 0 Å². The van der Waals surface area contributed by atoms with Crippen LogP contribution in [0.3, 0.4) is 0 Å². The van der Waals surface area contributed by atoms with Crippen LogP contribution in [0.1, 0.15) is 164 Å². The third-order valence-corrected chi connectivity index (χ3v) is 13.7. The van der Waals surface area contributed by atoms with E-state index in [1.165, 1.54) is 147 Å². The number of hydrogen-bond donors (Lipinski definition) is 0. The van der Waals surface area contributed by atoms with E-state index in [0.717, 1.165) is 50.1 Å². The summed E-state index contributed by atoms with van der Waals surface area (Å²) in [6.45, 7) is 9.88. The highest BCUT2D eigenvalue weighted by Gasteiger charge is 2.55. The molecule has 0 bridgehead atoms. The lowest BCUT2D eigenvalue weighted by Crippen LogP contribution is -2.47. The summed E-state index contributed by atoms with van der Waals surface area (Å²) >= 11 is 0. The van der Waals surface area contributed by atoms with Gasteiger partial charge in [0.15, 0.2) is 0 Å². The first-order valence-electron chi connectivity index (χ1n) is 24.9. The summed E-state index contributed by atoms with van der Waals surface area (Å²) in [6, 6.07) is 38.8. The van der Waals surface area contributed by atoms with Gasteiger partial charge < -0.3 is 14.7 Å². The van der Waals surface area contributed by atoms with Crippen molar-refractivity contribution in [2.75, 3.05) is 34.3 Å². The monoisotopic (exact) mass is 849 g/mol. The Kier molecular flexibility index (Phi) is 15.2. The molecule has 5 aromatic carbocycles. The third kappa shape index (κ3) is 9.35. The molecule has 0 unspecified atom stereocenters. The molecule has 3 heterocycles. The average Bonchev–Trinajstić information content (AvgIpc) is 3.33. The summed E-state index contributed by atoms with van der Waals surface area (Å²) in [4.78, 5) is 8.03. The lowest BCUT2D eigenvalue weighted by molar-refractivity contribution is 0.598. The van der Waals surface area contributed by atoms with Gasteiger partial charge in [0.25, 0.3) is 0 Å². The highest BCUT2D eigenvalue weighted by molar-refractivity contribution is 6.02. The van der Waals surface area contributed by atoms with Crippen molar-refractivity contribution in [3.63, 3.8) is 0 Å². The second-order valence-electron chi connectivity index (χ2n) is 18.2. The molecule has 3 aliphatic rings. The van der Waals surface area contributed by atoms with Gasteiger partial charge in [-0.3, -0.25) is 0 Å². The first-order chi connectivity index (χ1) is 31.6. The van der Waals surface area contributed by atoms with Crippen molar-refractivity contribution in [3.8, 4) is 17.9 Å². The molecular weight excluding hydrogens is 781 g/mol. The summed E-state index contributed by atoms with van der Waals surface area (Å²) < 4.78 is 0. The number of nitrogens with zero attached hydrogens (tertiary/aromatic N) is 6. The minimum atomic E-state index is -0.662. The van der Waals surface area contributed by atoms with Gasteiger partial charge in [-0.15, -0.1) is 0 Å². The Morgan fingerprint density at radius 1 is 0.406 bits per heavy atom. The van der Waals surface area contributed by atoms with E-state index in [0.29, 0.717) is 11.3 Å². The summed E-state index contributed by atoms with van der Waals surface area (Å²) in [5, 5.41) is 18.2. The second kappa shape index (κ2) is 21.7. The summed E-state index contributed by atoms with van der Waals surface area (Å²) in [5.41, 5.74) is 14.3. The predicted molar refractivity (Wildman–Crippen MR) is 269 cm³/mol. The number of rotatable bonds is 23. The molecule has 5 aromatic rings. The molecule has 0 aliphatic carbocycles. The molecule has 0 saturated heterocycles. The van der Waals surface area contributed by atoms with Crippen molar-refractivity contribution in [1.29, 1.82) is 5.26 Å². The Morgan fingerprint density at radius 3 is 1.05 bits per heavy atom. The Morgan fingerprint density at radius 2 is 0.719 bits per heavy atom. The summed E-state index contributed by atoms with van der Waals surface area (Å²) in [7, 11) is 0. The molecule has 0 spiro atoms. The molecule has 0 saturated carbocycles. The Balaban J connectivity index is 1.25. The minimum absolute atomic E-state index is 0.609. The molecule has 8 rings (SSSR count). The molecule has 64 heavy (non-hydrogen) atoms. The van der Waals surface area contributed by atoms with Crippen LogP contribution in [0.25, 0.3) is 0 Å². The van der Waals surface area contributed by atoms with Gasteiger partial charge in [-0.2, -0.15) is 15.5 Å². The zero-order valence-electron chi connectivity index (χ0n) is 38.8. The molecule has 0 fully saturated rings. The Bertz CT molecular complexity index is 2220. The third-order valence-electron chi connectivity index (χ3n) is 13.7. The van der Waals surface area contributed by atoms with Crippen molar-refractivity contribution in [2.24, 2.45) is 10.2 Å². The number of azo groups is 1. The molecule has 0 radical (unpaired) electrons. The van der Waals surface area contributed by atoms with Gasteiger partial charge in [0, 0.05) is 76.0 Å². The van der Waals surface area contributed by atoms with E-state index >= 15 is 0 Å². The summed E-state index contributed by atoms with van der Waals surface area (Å²) in [5.74, 6) is 7.96. The molecule has 0 amide bonds. The second-order valence-corrected chi connectivity index (χ2v) is 18.2. The number of hydrogen-bond acceptors (Lipinski definition) is 6. The lowest BCUT2D eigenvalue weighted by atomic mass is 9.61. The molecule has 0 aromatic heterocycles. The fourth-order valence-electron chi connectivity index (χ4n) is 10.4. The number of unbranched alkanes of at least 4 members (excludes halogenated alkanes) is 15. The average molecular weight is 849 g/mol. The zero-order chi connectivity index (χ0) is 44.1. The zero-order valence-corrected chi connectivity index (χ0v) is 38.8. The molecule has 330 valence electrons. The molecule has 0 atom stereocenters. The maximum Gasteiger partial charge on any atom is 0.119 e. The van der Waals surface area contributed by atoms with E-state index < -0.39 is 5.41 Å². The van der Waals surface area contributed by atoms with E-state index in [4.69, 9.17) is 0 Å². The van der Waals surface area contributed by atoms with Crippen molar-refractivity contribution in [3.05, 3.63) is 131 Å². The first-order valence-corrected chi connectivity index (χ1v) is 24.9. The van der Waals surface area contributed by atoms with Crippen molar-refractivity contribution in [1.82, 2.24) is 0 Å². The van der Waals surface area contributed by atoms with Crippen molar-refractivity contribution in [2.45, 2.75) is 142 Å². The maximum atomic E-state index is 9.20. The smallest absolute Gasteiger partial charge is 0.119 e. The van der Waals surface area contributed by atoms with Crippen LogP contribution in [0, 0.1) is 23.2 Å². The predicted octanol–water partition coefficient (Wildman–Crippen LogP) is 16.8. The first kappa shape index (κ1) is 44.7. The molecule has 0 N–H and O–H groups in total. The Labute approximate surface area is 384 Å². The van der Waals surface area contributed by atoms with Crippen LogP contribution < -0.4 is 14.7 Å². The summed E-state index contributed by atoms with van der Waals surface area (Å²) in [6.07, 6.45) is 22.8. The molecular formula is C58H68N6. The SMILES string of the molecule is CCCCCCCCN1c2cccc3c2C2(C#Cc4ccc(N=Nc5ccc(C#N)cc5)cc4)c4c1cccc4N(CCCCCCCC)c1cccc(c12)N3CCCCCCCC. The van der Waals surface area contributed by atoms with Gasteiger partial charge in [0.1, 0.15) is 5.41 Å². The fraction of sp³-hybridized carbons (Fsp3) is 0.431. The van der Waals surface area contributed by atoms with Crippen LogP contribution in [0.15, 0.2) is 113 Å². The van der Waals surface area contributed by atoms with E-state index in [9.17, 15) is 5.26 Å². The van der Waals surface area contributed by atoms with Crippen LogP contribution in [-0.4, -0.2) is 19.6 Å². The van der Waals surface area contributed by atoms with Gasteiger partial charge in [-0.05, 0) is 104 Å². The van der Waals surface area contributed by atoms with Crippen LogP contribution in [-0.2, 0) is 5.41 Å². The van der Waals surface area contributed by atoms with Gasteiger partial charge in [-0.25, -0.2) is 0 Å². The van der Waals surface area contributed by atoms with Crippen molar-refractivity contribution >= 4 is 45.5 Å². The van der Waals surface area contributed by atoms with Gasteiger partial charge >= 0.3 is 0 Å². The highest BCUT2D eigenvalue weighted by atomic mass is 15.2. The van der Waals surface area contributed by atoms with Crippen LogP contribution in [0.2, 0.25) is 0 Å². The minimum Gasteiger partial charge on any atom is -0.341 e. The van der Waals surface area contributed by atoms with E-state index in [2.05, 4.69) is 130 Å². The number of benzene rings is 5. The standard InChI is InChI=1S/C58H68N6/c1-4-7-10-13-16-19-41-62-49-25-22-27-51-55(49)58(40-39-45-31-35-47(36-32-45)60-61-48-37-33-46(44-59)34-38-48)56-50(62)26-23-28-52(56)64(43-21-18-15-12-9-6-3)54-30-24-29-53(57(54)58)63(51)42-20-17-14-11-8-5-2/h22-38H,4-21,41-43H2,1-3H3. The highest BCUT2D eigenvalue weighted by Crippen LogP contribution is 2.66. The van der Waals surface area contributed by atoms with Gasteiger partial charge in [0.05, 0.1) is 23.0 Å². The van der Waals surface area contributed by atoms with Crippen LogP contribution >= 0.6 is 0 Å². The number of anilines is 6. The topological polar surface area (TPSA) is 58.2 Å². The van der Waals surface area contributed by atoms with E-state index in [-0.39, 0.29) is 0 Å². The van der Waals surface area contributed by atoms with Gasteiger partial charge in [-0.1, -0.05) is 147 Å². The maximum absolute atomic E-state index is 9.20. The normalized spacial score (nSPS) is 13.8. The van der Waals surface area contributed by atoms with Crippen molar-refractivity contribution < 1.29 is 0 Å². The molecule has 3 aliphatic heterocycles. The number of nitriles is 1. The lowest BCUT2D eigenvalue weighted by Gasteiger charge is -2.54. The largest absolute Gasteiger partial charge is 0.341 e. The molecule has 6 nitrogen and oxygen atoms in total. The fourth-order valence-corrected chi connectivity index (χ4v) is 10.4. The van der Waals surface area contributed by atoms with E-state index in [1.54, 1.807) is 12.1 Å². The molecule has 6 heteroatoms. The van der Waals surface area contributed by atoms with E-state index in [1.807, 2.05) is 24.3 Å².